The van der Waals surface area contributed by atoms with Crippen LogP contribution in [0.3, 0.4) is 0 Å². The molecule has 11 heteroatoms. The molecule has 0 aliphatic carbocycles. The second-order valence-electron chi connectivity index (χ2n) is 10.3. The molecule has 0 N–H and O–H groups in total. The van der Waals surface area contributed by atoms with Crippen molar-refractivity contribution in [3.05, 3.63) is 35.9 Å². The van der Waals surface area contributed by atoms with Gasteiger partial charge in [-0.3, -0.25) is 9.69 Å². The van der Waals surface area contributed by atoms with Crippen molar-refractivity contribution >= 4 is 23.6 Å². The van der Waals surface area contributed by atoms with E-state index in [9.17, 15) is 4.79 Å². The van der Waals surface area contributed by atoms with Gasteiger partial charge >= 0.3 is 0 Å². The first-order chi connectivity index (χ1) is 19.6. The highest BCUT2D eigenvalue weighted by Gasteiger charge is 2.25. The van der Waals surface area contributed by atoms with Crippen LogP contribution in [-0.2, 0) is 9.53 Å². The van der Waals surface area contributed by atoms with E-state index in [1.54, 1.807) is 33.5 Å². The molecule has 40 heavy (non-hydrogen) atoms. The Morgan fingerprint density at radius 2 is 1.50 bits per heavy atom. The molecule has 5 rings (SSSR count). The zero-order chi connectivity index (χ0) is 27.9. The third kappa shape index (κ3) is 6.59. The minimum Gasteiger partial charge on any atom is -0.493 e. The molecule has 1 amide bonds. The fourth-order valence-electron chi connectivity index (χ4n) is 5.52. The summed E-state index contributed by atoms with van der Waals surface area (Å²) in [4.78, 5) is 21.7. The van der Waals surface area contributed by atoms with E-state index in [1.165, 1.54) is 12.8 Å². The summed E-state index contributed by atoms with van der Waals surface area (Å²) in [6.07, 6.45) is 6.13. The summed E-state index contributed by atoms with van der Waals surface area (Å²) in [7, 11) is 4.71. The Bertz CT molecular complexity index is 1130. The maximum Gasteiger partial charge on any atom is 0.246 e. The lowest BCUT2D eigenvalue weighted by molar-refractivity contribution is -0.126. The van der Waals surface area contributed by atoms with Gasteiger partial charge in [-0.2, -0.15) is 0 Å². The molecule has 1 unspecified atom stereocenters. The van der Waals surface area contributed by atoms with E-state index in [2.05, 4.69) is 31.0 Å². The monoisotopic (exact) mass is 552 g/mol. The predicted molar refractivity (Wildman–Crippen MR) is 154 cm³/mol. The molecule has 0 spiro atoms. The molecule has 3 aliphatic rings. The Morgan fingerprint density at radius 1 is 0.900 bits per heavy atom. The molecule has 11 nitrogen and oxygen atoms in total. The van der Waals surface area contributed by atoms with Gasteiger partial charge in [0.15, 0.2) is 23.1 Å². The zero-order valence-corrected chi connectivity index (χ0v) is 23.8. The van der Waals surface area contributed by atoms with Gasteiger partial charge < -0.3 is 33.6 Å². The van der Waals surface area contributed by atoms with Gasteiger partial charge in [0.2, 0.25) is 11.7 Å². The van der Waals surface area contributed by atoms with Crippen molar-refractivity contribution in [3.8, 4) is 17.2 Å². The molecular weight excluding hydrogens is 512 g/mol. The van der Waals surface area contributed by atoms with Crippen molar-refractivity contribution in [1.29, 1.82) is 0 Å². The SMILES string of the molecule is COc1cc(/C=C/C(=O)N2CCN(c3ccc(N4CCN(CC5CCCO5)CC4)nn3)CC2)cc(OC)c1OC. The zero-order valence-electron chi connectivity index (χ0n) is 23.8. The first-order valence-electron chi connectivity index (χ1n) is 14.0. The van der Waals surface area contributed by atoms with Crippen LogP contribution in [0.5, 0.6) is 17.2 Å². The van der Waals surface area contributed by atoms with E-state index >= 15 is 0 Å². The molecule has 1 aromatic carbocycles. The molecule has 4 heterocycles. The first-order valence-corrected chi connectivity index (χ1v) is 14.0. The molecule has 1 atom stereocenters. The van der Waals surface area contributed by atoms with Gasteiger partial charge in [-0.05, 0) is 48.7 Å². The van der Waals surface area contributed by atoms with Crippen molar-refractivity contribution in [2.24, 2.45) is 0 Å². The topological polar surface area (TPSA) is 92.7 Å². The predicted octanol–water partition coefficient (Wildman–Crippen LogP) is 2.17. The van der Waals surface area contributed by atoms with Crippen molar-refractivity contribution in [1.82, 2.24) is 20.0 Å². The van der Waals surface area contributed by atoms with Crippen molar-refractivity contribution in [2.45, 2.75) is 18.9 Å². The normalized spacial score (nSPS) is 20.3. The van der Waals surface area contributed by atoms with E-state index in [-0.39, 0.29) is 5.91 Å². The van der Waals surface area contributed by atoms with Crippen LogP contribution in [-0.4, -0.2) is 119 Å². The second-order valence-corrected chi connectivity index (χ2v) is 10.3. The van der Waals surface area contributed by atoms with Gasteiger partial charge in [-0.15, -0.1) is 10.2 Å². The number of benzene rings is 1. The van der Waals surface area contributed by atoms with Crippen LogP contribution in [0, 0.1) is 0 Å². The number of piperazine rings is 2. The molecule has 216 valence electrons. The molecular formula is C29H40N6O5. The van der Waals surface area contributed by atoms with Crippen molar-refractivity contribution in [2.75, 3.05) is 96.6 Å². The molecule has 3 saturated heterocycles. The summed E-state index contributed by atoms with van der Waals surface area (Å²) in [5.74, 6) is 3.35. The van der Waals surface area contributed by atoms with E-state index in [4.69, 9.17) is 18.9 Å². The number of aromatic nitrogens is 2. The van der Waals surface area contributed by atoms with Crippen LogP contribution in [0.4, 0.5) is 11.6 Å². The summed E-state index contributed by atoms with van der Waals surface area (Å²) >= 11 is 0. The Kier molecular flexibility index (Phi) is 9.22. The number of anilines is 2. The van der Waals surface area contributed by atoms with Crippen LogP contribution < -0.4 is 24.0 Å². The fraction of sp³-hybridized carbons (Fsp3) is 0.552. The molecule has 2 aromatic rings. The highest BCUT2D eigenvalue weighted by Crippen LogP contribution is 2.38. The number of methoxy groups -OCH3 is 3. The van der Waals surface area contributed by atoms with Gasteiger partial charge in [0.25, 0.3) is 0 Å². The number of carbonyl (C=O) groups excluding carboxylic acids is 1. The summed E-state index contributed by atoms with van der Waals surface area (Å²) in [5, 5.41) is 9.06. The van der Waals surface area contributed by atoms with E-state index in [1.807, 2.05) is 23.1 Å². The lowest BCUT2D eigenvalue weighted by Crippen LogP contribution is -2.49. The van der Waals surface area contributed by atoms with Gasteiger partial charge in [0.1, 0.15) is 0 Å². The van der Waals surface area contributed by atoms with Gasteiger partial charge in [-0.25, -0.2) is 0 Å². The molecule has 3 aliphatic heterocycles. The lowest BCUT2D eigenvalue weighted by Gasteiger charge is -2.36. The minimum absolute atomic E-state index is 0.0338. The van der Waals surface area contributed by atoms with Gasteiger partial charge in [0, 0.05) is 71.6 Å². The van der Waals surface area contributed by atoms with Crippen LogP contribution in [0.1, 0.15) is 18.4 Å². The average Bonchev–Trinajstić information content (AvgIpc) is 3.53. The number of ether oxygens (including phenoxy) is 4. The summed E-state index contributed by atoms with van der Waals surface area (Å²) < 4.78 is 22.0. The Balaban J connectivity index is 1.10. The van der Waals surface area contributed by atoms with Crippen molar-refractivity contribution < 1.29 is 23.7 Å². The minimum atomic E-state index is -0.0338. The number of amides is 1. The Morgan fingerprint density at radius 3 is 2.00 bits per heavy atom. The number of hydrogen-bond acceptors (Lipinski definition) is 10. The fourth-order valence-corrected chi connectivity index (χ4v) is 5.52. The van der Waals surface area contributed by atoms with Crippen LogP contribution in [0.25, 0.3) is 6.08 Å². The number of rotatable bonds is 9. The number of nitrogens with zero attached hydrogens (tertiary/aromatic N) is 6. The van der Waals surface area contributed by atoms with Crippen molar-refractivity contribution in [3.63, 3.8) is 0 Å². The van der Waals surface area contributed by atoms with E-state index in [0.717, 1.165) is 56.5 Å². The summed E-state index contributed by atoms with van der Waals surface area (Å²) in [5.41, 5.74) is 0.793. The first kappa shape index (κ1) is 28.0. The maximum atomic E-state index is 12.9. The number of carbonyl (C=O) groups is 1. The lowest BCUT2D eigenvalue weighted by atomic mass is 10.1. The second kappa shape index (κ2) is 13.2. The largest absolute Gasteiger partial charge is 0.493 e. The highest BCUT2D eigenvalue weighted by molar-refractivity contribution is 5.92. The summed E-state index contributed by atoms with van der Waals surface area (Å²) in [6.45, 7) is 8.54. The molecule has 0 saturated carbocycles. The quantitative estimate of drug-likeness (QED) is 0.431. The van der Waals surface area contributed by atoms with Crippen LogP contribution in [0.2, 0.25) is 0 Å². The van der Waals surface area contributed by atoms with Gasteiger partial charge in [0.05, 0.1) is 27.4 Å². The van der Waals surface area contributed by atoms with Crippen LogP contribution >= 0.6 is 0 Å². The number of hydrogen-bond donors (Lipinski definition) is 0. The Hall–Kier alpha value is -3.57. The Labute approximate surface area is 236 Å². The maximum absolute atomic E-state index is 12.9. The summed E-state index contributed by atoms with van der Waals surface area (Å²) in [6, 6.07) is 7.74. The molecule has 1 aromatic heterocycles. The van der Waals surface area contributed by atoms with E-state index < -0.39 is 0 Å². The molecule has 0 radical (unpaired) electrons. The average molecular weight is 553 g/mol. The smallest absolute Gasteiger partial charge is 0.246 e. The molecule has 0 bridgehead atoms. The van der Waals surface area contributed by atoms with E-state index in [0.29, 0.717) is 49.5 Å². The highest BCUT2D eigenvalue weighted by atomic mass is 16.5. The standard InChI is InChI=1S/C29H40N6O5/c1-37-24-19-22(20-25(38-2)29(24)39-3)6-9-28(36)35-16-14-34(15-17-35)27-8-7-26(30-31-27)33-12-10-32(11-13-33)21-23-5-4-18-40-23/h6-9,19-20,23H,4-5,10-18,21H2,1-3H3/b9-6+. The third-order valence-corrected chi connectivity index (χ3v) is 7.84. The third-order valence-electron chi connectivity index (χ3n) is 7.84. The van der Waals surface area contributed by atoms with Gasteiger partial charge in [-0.1, -0.05) is 0 Å². The molecule has 3 fully saturated rings. The van der Waals surface area contributed by atoms with Crippen LogP contribution in [0.15, 0.2) is 30.3 Å².